The van der Waals surface area contributed by atoms with E-state index in [9.17, 15) is 4.79 Å². The smallest absolute Gasteiger partial charge is 0.310 e. The fourth-order valence-electron chi connectivity index (χ4n) is 2.10. The SMILES string of the molecule is Nc1cccc(CC(=O)OCCC2CCCO2)c1. The van der Waals surface area contributed by atoms with Crippen LogP contribution in [0.15, 0.2) is 24.3 Å². The van der Waals surface area contributed by atoms with Crippen molar-refractivity contribution in [2.24, 2.45) is 0 Å². The van der Waals surface area contributed by atoms with E-state index in [4.69, 9.17) is 15.2 Å². The molecule has 1 aliphatic heterocycles. The third kappa shape index (κ3) is 4.04. The molecule has 0 aromatic heterocycles. The van der Waals surface area contributed by atoms with Crippen LogP contribution in [-0.2, 0) is 20.7 Å². The van der Waals surface area contributed by atoms with Crippen LogP contribution < -0.4 is 5.73 Å². The highest BCUT2D eigenvalue weighted by Gasteiger charge is 2.15. The van der Waals surface area contributed by atoms with Gasteiger partial charge in [-0.3, -0.25) is 4.79 Å². The highest BCUT2D eigenvalue weighted by Crippen LogP contribution is 2.15. The van der Waals surface area contributed by atoms with Gasteiger partial charge >= 0.3 is 5.97 Å². The van der Waals surface area contributed by atoms with E-state index in [0.717, 1.165) is 31.4 Å². The van der Waals surface area contributed by atoms with Crippen LogP contribution in [0.1, 0.15) is 24.8 Å². The molecule has 1 aromatic rings. The average Bonchev–Trinajstić information content (AvgIpc) is 2.82. The number of esters is 1. The molecule has 4 nitrogen and oxygen atoms in total. The van der Waals surface area contributed by atoms with Crippen molar-refractivity contribution < 1.29 is 14.3 Å². The zero-order chi connectivity index (χ0) is 12.8. The summed E-state index contributed by atoms with van der Waals surface area (Å²) in [4.78, 5) is 11.6. The number of benzene rings is 1. The van der Waals surface area contributed by atoms with Crippen molar-refractivity contribution in [3.8, 4) is 0 Å². The number of ether oxygens (including phenoxy) is 2. The van der Waals surface area contributed by atoms with E-state index in [0.29, 0.717) is 12.3 Å². The minimum Gasteiger partial charge on any atom is -0.465 e. The van der Waals surface area contributed by atoms with Gasteiger partial charge in [-0.05, 0) is 30.5 Å². The molecule has 0 bridgehead atoms. The fourth-order valence-corrected chi connectivity index (χ4v) is 2.10. The monoisotopic (exact) mass is 249 g/mol. The van der Waals surface area contributed by atoms with E-state index in [1.54, 1.807) is 12.1 Å². The van der Waals surface area contributed by atoms with Gasteiger partial charge in [0.2, 0.25) is 0 Å². The lowest BCUT2D eigenvalue weighted by Gasteiger charge is -2.09. The molecule has 2 N–H and O–H groups in total. The van der Waals surface area contributed by atoms with E-state index in [1.165, 1.54) is 0 Å². The van der Waals surface area contributed by atoms with Gasteiger partial charge in [0, 0.05) is 18.7 Å². The summed E-state index contributed by atoms with van der Waals surface area (Å²) in [6.45, 7) is 1.27. The Morgan fingerprint density at radius 3 is 3.11 bits per heavy atom. The van der Waals surface area contributed by atoms with Crippen LogP contribution in [0.2, 0.25) is 0 Å². The predicted molar refractivity (Wildman–Crippen MR) is 69.1 cm³/mol. The van der Waals surface area contributed by atoms with Crippen molar-refractivity contribution in [2.75, 3.05) is 18.9 Å². The van der Waals surface area contributed by atoms with Crippen LogP contribution in [0.3, 0.4) is 0 Å². The summed E-state index contributed by atoms with van der Waals surface area (Å²) in [6, 6.07) is 7.30. The molecular formula is C14H19NO3. The molecule has 98 valence electrons. The molecule has 1 fully saturated rings. The van der Waals surface area contributed by atoms with Crippen LogP contribution in [0.4, 0.5) is 5.69 Å². The predicted octanol–water partition coefficient (Wildman–Crippen LogP) is 1.92. The Labute approximate surface area is 107 Å². The summed E-state index contributed by atoms with van der Waals surface area (Å²) in [5.41, 5.74) is 7.20. The van der Waals surface area contributed by atoms with Crippen molar-refractivity contribution in [3.63, 3.8) is 0 Å². The first-order chi connectivity index (χ1) is 8.74. The molecule has 1 atom stereocenters. The molecule has 2 rings (SSSR count). The van der Waals surface area contributed by atoms with Crippen molar-refractivity contribution in [1.82, 2.24) is 0 Å². The van der Waals surface area contributed by atoms with Crippen molar-refractivity contribution in [2.45, 2.75) is 31.8 Å². The molecule has 0 aliphatic carbocycles. The lowest BCUT2D eigenvalue weighted by molar-refractivity contribution is -0.143. The fraction of sp³-hybridized carbons (Fsp3) is 0.500. The quantitative estimate of drug-likeness (QED) is 0.639. The maximum absolute atomic E-state index is 11.6. The second-order valence-corrected chi connectivity index (χ2v) is 4.57. The number of hydrogen-bond acceptors (Lipinski definition) is 4. The van der Waals surface area contributed by atoms with E-state index >= 15 is 0 Å². The van der Waals surface area contributed by atoms with Crippen molar-refractivity contribution in [3.05, 3.63) is 29.8 Å². The Morgan fingerprint density at radius 2 is 2.39 bits per heavy atom. The van der Waals surface area contributed by atoms with E-state index < -0.39 is 0 Å². The number of carbonyl (C=O) groups is 1. The second kappa shape index (κ2) is 6.40. The third-order valence-electron chi connectivity index (χ3n) is 3.03. The molecule has 0 saturated carbocycles. The lowest BCUT2D eigenvalue weighted by Crippen LogP contribution is -2.14. The van der Waals surface area contributed by atoms with Gasteiger partial charge in [-0.1, -0.05) is 12.1 Å². The molecule has 0 spiro atoms. The second-order valence-electron chi connectivity index (χ2n) is 4.57. The Morgan fingerprint density at radius 1 is 1.50 bits per heavy atom. The first kappa shape index (κ1) is 12.9. The third-order valence-corrected chi connectivity index (χ3v) is 3.03. The molecule has 4 heteroatoms. The number of nitrogen functional groups attached to an aromatic ring is 1. The molecule has 1 aromatic carbocycles. The summed E-state index contributed by atoms with van der Waals surface area (Å²) >= 11 is 0. The number of carbonyl (C=O) groups excluding carboxylic acids is 1. The number of anilines is 1. The Kier molecular flexibility index (Phi) is 4.59. The topological polar surface area (TPSA) is 61.6 Å². The minimum absolute atomic E-state index is 0.210. The van der Waals surface area contributed by atoms with Gasteiger partial charge in [0.25, 0.3) is 0 Å². The van der Waals surface area contributed by atoms with E-state index in [2.05, 4.69) is 0 Å². The normalized spacial score (nSPS) is 18.8. The summed E-state index contributed by atoms with van der Waals surface area (Å²) in [5.74, 6) is -0.210. The average molecular weight is 249 g/mol. The molecule has 0 radical (unpaired) electrons. The molecule has 1 heterocycles. The van der Waals surface area contributed by atoms with E-state index in [1.807, 2.05) is 12.1 Å². The summed E-state index contributed by atoms with van der Waals surface area (Å²) in [6.07, 6.45) is 3.53. The van der Waals surface area contributed by atoms with Crippen LogP contribution >= 0.6 is 0 Å². The minimum atomic E-state index is -0.210. The number of nitrogens with two attached hydrogens (primary N) is 1. The number of hydrogen-bond donors (Lipinski definition) is 1. The largest absolute Gasteiger partial charge is 0.465 e. The van der Waals surface area contributed by atoms with Crippen LogP contribution in [0.5, 0.6) is 0 Å². The van der Waals surface area contributed by atoms with Crippen molar-refractivity contribution in [1.29, 1.82) is 0 Å². The van der Waals surface area contributed by atoms with Crippen molar-refractivity contribution >= 4 is 11.7 Å². The lowest BCUT2D eigenvalue weighted by atomic mass is 10.1. The Balaban J connectivity index is 1.68. The first-order valence-corrected chi connectivity index (χ1v) is 6.35. The molecular weight excluding hydrogens is 230 g/mol. The van der Waals surface area contributed by atoms with Gasteiger partial charge in [-0.15, -0.1) is 0 Å². The van der Waals surface area contributed by atoms with E-state index in [-0.39, 0.29) is 18.5 Å². The zero-order valence-corrected chi connectivity index (χ0v) is 10.4. The summed E-state index contributed by atoms with van der Waals surface area (Å²) < 4.78 is 10.6. The van der Waals surface area contributed by atoms with Crippen LogP contribution in [-0.4, -0.2) is 25.3 Å². The van der Waals surface area contributed by atoms with Gasteiger partial charge in [0.05, 0.1) is 19.1 Å². The molecule has 18 heavy (non-hydrogen) atoms. The molecule has 1 unspecified atom stereocenters. The molecule has 0 amide bonds. The van der Waals surface area contributed by atoms with Gasteiger partial charge in [0.15, 0.2) is 0 Å². The van der Waals surface area contributed by atoms with Gasteiger partial charge in [-0.2, -0.15) is 0 Å². The highest BCUT2D eigenvalue weighted by molar-refractivity contribution is 5.72. The Hall–Kier alpha value is -1.55. The van der Waals surface area contributed by atoms with Gasteiger partial charge in [0.1, 0.15) is 0 Å². The summed E-state index contributed by atoms with van der Waals surface area (Å²) in [7, 11) is 0. The molecule has 1 saturated heterocycles. The van der Waals surface area contributed by atoms with Crippen LogP contribution in [0.25, 0.3) is 0 Å². The van der Waals surface area contributed by atoms with Crippen LogP contribution in [0, 0.1) is 0 Å². The highest BCUT2D eigenvalue weighted by atomic mass is 16.5. The zero-order valence-electron chi connectivity index (χ0n) is 10.4. The Bertz CT molecular complexity index is 400. The standard InChI is InChI=1S/C14H19NO3/c15-12-4-1-3-11(9-12)10-14(16)18-8-6-13-5-2-7-17-13/h1,3-4,9,13H,2,5-8,10,15H2. The van der Waals surface area contributed by atoms with Gasteiger partial charge < -0.3 is 15.2 Å². The van der Waals surface area contributed by atoms with Gasteiger partial charge in [-0.25, -0.2) is 0 Å². The maximum Gasteiger partial charge on any atom is 0.310 e. The number of rotatable bonds is 5. The molecule has 1 aliphatic rings. The first-order valence-electron chi connectivity index (χ1n) is 6.35. The summed E-state index contributed by atoms with van der Waals surface area (Å²) in [5, 5.41) is 0. The maximum atomic E-state index is 11.6.